The minimum atomic E-state index is -3.89. The van der Waals surface area contributed by atoms with Crippen molar-refractivity contribution in [1.29, 1.82) is 0 Å². The van der Waals surface area contributed by atoms with E-state index in [1.165, 1.54) is 17.4 Å². The van der Waals surface area contributed by atoms with Crippen molar-refractivity contribution in [3.8, 4) is 0 Å². The number of nitrogens with two attached hydrogens (primary N) is 1. The number of aromatic nitrogens is 1. The first-order valence-electron chi connectivity index (χ1n) is 7.94. The van der Waals surface area contributed by atoms with E-state index in [1.807, 2.05) is 31.2 Å². The molecule has 0 aliphatic carbocycles. The van der Waals surface area contributed by atoms with Crippen LogP contribution in [0.1, 0.15) is 33.9 Å². The number of hydrogen-bond donors (Lipinski definition) is 1. The molecule has 0 unspecified atom stereocenters. The number of primary sulfonamides is 1. The molecule has 0 saturated carbocycles. The second-order valence-corrected chi connectivity index (χ2v) is 8.73. The predicted octanol–water partition coefficient (Wildman–Crippen LogP) is 3.09. The van der Waals surface area contributed by atoms with Gasteiger partial charge in [-0.15, -0.1) is 11.3 Å². The van der Waals surface area contributed by atoms with Crippen LogP contribution in [0.15, 0.2) is 47.4 Å². The van der Waals surface area contributed by atoms with Crippen LogP contribution in [0.2, 0.25) is 0 Å². The number of carbonyl (C=O) groups excluding carboxylic acids is 1. The van der Waals surface area contributed by atoms with Crippen LogP contribution >= 0.6 is 11.3 Å². The fraction of sp³-hybridized carbons (Fsp3) is 0.222. The summed E-state index contributed by atoms with van der Waals surface area (Å²) in [5.74, 6) is -0.290. The summed E-state index contributed by atoms with van der Waals surface area (Å²) in [7, 11) is -2.21. The van der Waals surface area contributed by atoms with Crippen molar-refractivity contribution in [1.82, 2.24) is 9.88 Å². The molecule has 1 aromatic heterocycles. The Labute approximate surface area is 156 Å². The van der Waals surface area contributed by atoms with Gasteiger partial charge in [0, 0.05) is 12.6 Å². The molecule has 0 saturated heterocycles. The number of carbonyl (C=O) groups is 1. The molecule has 0 fully saturated rings. The predicted molar refractivity (Wildman–Crippen MR) is 103 cm³/mol. The molecular formula is C18H19N3O3S2. The SMILES string of the molecule is Cc1ccc(C(=O)N(C)[C@@H](C)c2nc3ccccc3s2)cc1S(N)(=O)=O. The molecule has 0 radical (unpaired) electrons. The first-order valence-corrected chi connectivity index (χ1v) is 10.3. The fourth-order valence-electron chi connectivity index (χ4n) is 2.65. The lowest BCUT2D eigenvalue weighted by atomic mass is 10.1. The molecule has 1 heterocycles. The molecule has 3 rings (SSSR count). The molecule has 0 aliphatic heterocycles. The summed E-state index contributed by atoms with van der Waals surface area (Å²) in [6.07, 6.45) is 0. The summed E-state index contributed by atoms with van der Waals surface area (Å²) in [6.45, 7) is 3.53. The maximum Gasteiger partial charge on any atom is 0.254 e. The lowest BCUT2D eigenvalue weighted by molar-refractivity contribution is 0.0742. The lowest BCUT2D eigenvalue weighted by Crippen LogP contribution is -2.30. The van der Waals surface area contributed by atoms with Crippen molar-refractivity contribution in [3.63, 3.8) is 0 Å². The number of amides is 1. The summed E-state index contributed by atoms with van der Waals surface area (Å²) in [5, 5.41) is 6.06. The first-order chi connectivity index (χ1) is 12.2. The molecule has 1 atom stereocenters. The molecule has 0 spiro atoms. The largest absolute Gasteiger partial charge is 0.333 e. The Bertz CT molecular complexity index is 1060. The van der Waals surface area contributed by atoms with Crippen LogP contribution in [0.4, 0.5) is 0 Å². The number of sulfonamides is 1. The van der Waals surface area contributed by atoms with Gasteiger partial charge in [0.05, 0.1) is 21.2 Å². The van der Waals surface area contributed by atoms with Gasteiger partial charge in [-0.05, 0) is 43.7 Å². The minimum Gasteiger partial charge on any atom is -0.333 e. The highest BCUT2D eigenvalue weighted by atomic mass is 32.2. The molecule has 0 aliphatic rings. The van der Waals surface area contributed by atoms with E-state index in [4.69, 9.17) is 5.14 Å². The van der Waals surface area contributed by atoms with Crippen LogP contribution in [0.25, 0.3) is 10.2 Å². The van der Waals surface area contributed by atoms with Gasteiger partial charge in [-0.1, -0.05) is 18.2 Å². The van der Waals surface area contributed by atoms with Gasteiger partial charge in [-0.25, -0.2) is 18.5 Å². The zero-order valence-electron chi connectivity index (χ0n) is 14.6. The normalized spacial score (nSPS) is 12.9. The lowest BCUT2D eigenvalue weighted by Gasteiger charge is -2.23. The summed E-state index contributed by atoms with van der Waals surface area (Å²) in [4.78, 5) is 18.9. The van der Waals surface area contributed by atoms with Crippen molar-refractivity contribution in [3.05, 3.63) is 58.6 Å². The molecule has 3 aromatic rings. The highest BCUT2D eigenvalue weighted by Gasteiger charge is 2.23. The van der Waals surface area contributed by atoms with Crippen LogP contribution < -0.4 is 5.14 Å². The van der Waals surface area contributed by atoms with E-state index in [0.29, 0.717) is 5.56 Å². The first kappa shape index (κ1) is 18.5. The van der Waals surface area contributed by atoms with Crippen LogP contribution in [0, 0.1) is 6.92 Å². The Kier molecular flexibility index (Phi) is 4.83. The zero-order valence-corrected chi connectivity index (χ0v) is 16.3. The number of aryl methyl sites for hydroxylation is 1. The summed E-state index contributed by atoms with van der Waals surface area (Å²) in [6, 6.07) is 12.1. The Hall–Kier alpha value is -2.29. The van der Waals surface area contributed by atoms with Crippen molar-refractivity contribution in [2.24, 2.45) is 5.14 Å². The van der Waals surface area contributed by atoms with E-state index in [0.717, 1.165) is 15.2 Å². The number of benzene rings is 2. The number of thiazole rings is 1. The third kappa shape index (κ3) is 3.48. The van der Waals surface area contributed by atoms with Gasteiger partial charge < -0.3 is 4.90 Å². The second-order valence-electron chi connectivity index (χ2n) is 6.14. The molecule has 26 heavy (non-hydrogen) atoms. The maximum atomic E-state index is 12.8. The van der Waals surface area contributed by atoms with Crippen LogP contribution in [-0.4, -0.2) is 31.3 Å². The maximum absolute atomic E-state index is 12.8. The highest BCUT2D eigenvalue weighted by Crippen LogP contribution is 2.29. The molecule has 136 valence electrons. The monoisotopic (exact) mass is 389 g/mol. The number of para-hydroxylation sites is 1. The van der Waals surface area contributed by atoms with Crippen LogP contribution in [-0.2, 0) is 10.0 Å². The van der Waals surface area contributed by atoms with E-state index in [-0.39, 0.29) is 22.4 Å². The smallest absolute Gasteiger partial charge is 0.254 e. The molecule has 8 heteroatoms. The number of nitrogens with zero attached hydrogens (tertiary/aromatic N) is 2. The second kappa shape index (κ2) is 6.79. The minimum absolute atomic E-state index is 0.0376. The quantitative estimate of drug-likeness (QED) is 0.742. The third-order valence-corrected chi connectivity index (χ3v) is 6.57. The van der Waals surface area contributed by atoms with Crippen molar-refractivity contribution < 1.29 is 13.2 Å². The topological polar surface area (TPSA) is 93.4 Å². The molecule has 2 aromatic carbocycles. The van der Waals surface area contributed by atoms with Gasteiger partial charge in [0.15, 0.2) is 0 Å². The van der Waals surface area contributed by atoms with Gasteiger partial charge in [-0.3, -0.25) is 4.79 Å². The standard InChI is InChI=1S/C18H19N3O3S2/c1-11-8-9-13(10-16(11)26(19,23)24)18(22)21(3)12(2)17-20-14-6-4-5-7-15(14)25-17/h4-10,12H,1-3H3,(H2,19,23,24)/t12-/m0/s1. The van der Waals surface area contributed by atoms with Crippen molar-refractivity contribution in [2.45, 2.75) is 24.8 Å². The average Bonchev–Trinajstić information content (AvgIpc) is 3.03. The van der Waals surface area contributed by atoms with Crippen LogP contribution in [0.3, 0.4) is 0 Å². The summed E-state index contributed by atoms with van der Waals surface area (Å²) in [5.41, 5.74) is 1.67. The number of hydrogen-bond acceptors (Lipinski definition) is 5. The van der Waals surface area contributed by atoms with Gasteiger partial charge >= 0.3 is 0 Å². The van der Waals surface area contributed by atoms with E-state index in [9.17, 15) is 13.2 Å². The van der Waals surface area contributed by atoms with Gasteiger partial charge in [0.25, 0.3) is 5.91 Å². The zero-order chi connectivity index (χ0) is 19.1. The number of rotatable bonds is 4. The van der Waals surface area contributed by atoms with E-state index in [1.54, 1.807) is 31.0 Å². The molecule has 6 nitrogen and oxygen atoms in total. The van der Waals surface area contributed by atoms with Crippen LogP contribution in [0.5, 0.6) is 0 Å². The van der Waals surface area contributed by atoms with Gasteiger partial charge in [0.1, 0.15) is 5.01 Å². The Balaban J connectivity index is 1.92. The van der Waals surface area contributed by atoms with E-state index in [2.05, 4.69) is 4.98 Å². The average molecular weight is 390 g/mol. The van der Waals surface area contributed by atoms with Gasteiger partial charge in [-0.2, -0.15) is 0 Å². The Morgan fingerprint density at radius 3 is 2.58 bits per heavy atom. The summed E-state index contributed by atoms with van der Waals surface area (Å²) >= 11 is 1.54. The molecular weight excluding hydrogens is 370 g/mol. The van der Waals surface area contributed by atoms with E-state index < -0.39 is 10.0 Å². The molecule has 0 bridgehead atoms. The van der Waals surface area contributed by atoms with E-state index >= 15 is 0 Å². The fourth-order valence-corrected chi connectivity index (χ4v) is 4.52. The Morgan fingerprint density at radius 2 is 1.92 bits per heavy atom. The molecule has 1 amide bonds. The number of fused-ring (bicyclic) bond motifs is 1. The van der Waals surface area contributed by atoms with Gasteiger partial charge in [0.2, 0.25) is 10.0 Å². The summed E-state index contributed by atoms with van der Waals surface area (Å²) < 4.78 is 24.5. The highest BCUT2D eigenvalue weighted by molar-refractivity contribution is 7.89. The molecule has 2 N–H and O–H groups in total. The van der Waals surface area contributed by atoms with Crippen molar-refractivity contribution >= 4 is 37.5 Å². The Morgan fingerprint density at radius 1 is 1.23 bits per heavy atom. The van der Waals surface area contributed by atoms with Crippen molar-refractivity contribution in [2.75, 3.05) is 7.05 Å². The third-order valence-electron chi connectivity index (χ3n) is 4.31.